The highest BCUT2D eigenvalue weighted by atomic mass is 19.2. The van der Waals surface area contributed by atoms with Crippen LogP contribution in [0.1, 0.15) is 89.2 Å². The van der Waals surface area contributed by atoms with Crippen molar-refractivity contribution >= 4 is 17.9 Å². The zero-order chi connectivity index (χ0) is 27.2. The number of nitrogens with one attached hydrogen (secondary N) is 1. The molecule has 0 radical (unpaired) electrons. The summed E-state index contributed by atoms with van der Waals surface area (Å²) in [5.41, 5.74) is 0.776. The molecule has 3 atom stereocenters. The topological polar surface area (TPSA) is 88.6 Å². The average Bonchev–Trinajstić information content (AvgIpc) is 3.02. The summed E-state index contributed by atoms with van der Waals surface area (Å²) in [6, 6.07) is 12.2. The number of fused-ring (bicyclic) bond motifs is 2. The second-order valence-corrected chi connectivity index (χ2v) is 10.5. The van der Waals surface area contributed by atoms with Crippen LogP contribution in [0.4, 0.5) is 13.6 Å². The maximum Gasteiger partial charge on any atom is 0.408 e. The molecule has 1 aromatic heterocycles. The maximum absolute atomic E-state index is 15.1. The molecular formula is C29H27F2N3O4. The third-order valence-electron chi connectivity index (χ3n) is 6.87. The number of carbonyl (C=O) groups excluding carboxylic acids is 3. The first-order valence-corrected chi connectivity index (χ1v) is 12.4. The molecule has 0 unspecified atom stereocenters. The van der Waals surface area contributed by atoms with E-state index in [1.54, 1.807) is 57.2 Å². The molecule has 2 heterocycles. The number of hydrogen-bond acceptors (Lipinski definition) is 5. The monoisotopic (exact) mass is 519 g/mol. The number of alkyl carbamates (subject to hydrolysis) is 1. The van der Waals surface area contributed by atoms with Crippen LogP contribution in [-0.4, -0.2) is 33.4 Å². The van der Waals surface area contributed by atoms with E-state index >= 15 is 4.39 Å². The number of carbonyl (C=O) groups is 3. The molecule has 2 aromatic carbocycles. The molecule has 5 rings (SSSR count). The molecular weight excluding hydrogens is 492 g/mol. The van der Waals surface area contributed by atoms with Crippen LogP contribution in [0.2, 0.25) is 0 Å². The second-order valence-electron chi connectivity index (χ2n) is 10.5. The summed E-state index contributed by atoms with van der Waals surface area (Å²) in [5, 5.41) is 2.84. The molecule has 0 saturated carbocycles. The first-order valence-electron chi connectivity index (χ1n) is 12.4. The van der Waals surface area contributed by atoms with Gasteiger partial charge in [-0.15, -0.1) is 0 Å². The van der Waals surface area contributed by atoms with Crippen LogP contribution < -0.4 is 5.32 Å². The third kappa shape index (κ3) is 4.53. The Morgan fingerprint density at radius 3 is 2.26 bits per heavy atom. The highest BCUT2D eigenvalue weighted by molar-refractivity contribution is 6.21. The van der Waals surface area contributed by atoms with Gasteiger partial charge in [0.1, 0.15) is 5.60 Å². The number of halogens is 2. The zero-order valence-corrected chi connectivity index (χ0v) is 21.2. The van der Waals surface area contributed by atoms with Crippen LogP contribution in [0.5, 0.6) is 0 Å². The van der Waals surface area contributed by atoms with Gasteiger partial charge in [0.25, 0.3) is 11.8 Å². The Kier molecular flexibility index (Phi) is 6.46. The molecule has 0 bridgehead atoms. The number of benzene rings is 2. The fourth-order valence-corrected chi connectivity index (χ4v) is 5.33. The minimum Gasteiger partial charge on any atom is -0.444 e. The molecule has 1 aliphatic heterocycles. The van der Waals surface area contributed by atoms with E-state index in [2.05, 4.69) is 10.3 Å². The molecule has 3 aromatic rings. The highest BCUT2D eigenvalue weighted by Crippen LogP contribution is 2.46. The summed E-state index contributed by atoms with van der Waals surface area (Å²) in [6.07, 6.45) is 1.24. The van der Waals surface area contributed by atoms with Crippen molar-refractivity contribution in [1.82, 2.24) is 15.2 Å². The molecule has 2 aliphatic rings. The van der Waals surface area contributed by atoms with Gasteiger partial charge in [-0.05, 0) is 69.0 Å². The van der Waals surface area contributed by atoms with Crippen molar-refractivity contribution in [3.63, 3.8) is 0 Å². The van der Waals surface area contributed by atoms with Crippen LogP contribution in [0, 0.1) is 11.6 Å². The van der Waals surface area contributed by atoms with Gasteiger partial charge in [0, 0.05) is 12.1 Å². The highest BCUT2D eigenvalue weighted by Gasteiger charge is 2.45. The number of aromatic nitrogens is 1. The van der Waals surface area contributed by atoms with Crippen molar-refractivity contribution in [2.24, 2.45) is 0 Å². The van der Waals surface area contributed by atoms with Gasteiger partial charge in [0.05, 0.1) is 28.9 Å². The van der Waals surface area contributed by atoms with E-state index in [4.69, 9.17) is 4.74 Å². The number of hydrogen-bond donors (Lipinski definition) is 1. The maximum atomic E-state index is 15.1. The van der Waals surface area contributed by atoms with Gasteiger partial charge >= 0.3 is 6.09 Å². The van der Waals surface area contributed by atoms with Gasteiger partial charge in [-0.2, -0.15) is 0 Å². The van der Waals surface area contributed by atoms with Crippen molar-refractivity contribution in [3.05, 3.63) is 100 Å². The Morgan fingerprint density at radius 1 is 0.947 bits per heavy atom. The number of pyridine rings is 1. The first kappa shape index (κ1) is 25.5. The lowest BCUT2D eigenvalue weighted by Gasteiger charge is -2.29. The van der Waals surface area contributed by atoms with Crippen molar-refractivity contribution in [2.75, 3.05) is 0 Å². The Balaban J connectivity index is 1.62. The van der Waals surface area contributed by atoms with Crippen molar-refractivity contribution < 1.29 is 27.9 Å². The van der Waals surface area contributed by atoms with Crippen LogP contribution in [0.25, 0.3) is 0 Å². The Hall–Kier alpha value is -4.14. The van der Waals surface area contributed by atoms with E-state index in [1.165, 1.54) is 23.2 Å². The number of amides is 3. The van der Waals surface area contributed by atoms with E-state index < -0.39 is 53.1 Å². The molecule has 1 aliphatic carbocycles. The normalized spacial score (nSPS) is 21.0. The first-order chi connectivity index (χ1) is 18.1. The Bertz CT molecular complexity index is 1400. The lowest BCUT2D eigenvalue weighted by atomic mass is 9.85. The number of imide groups is 1. The molecule has 9 heteroatoms. The van der Waals surface area contributed by atoms with E-state index in [1.807, 2.05) is 0 Å². The van der Waals surface area contributed by atoms with Crippen LogP contribution in [0.15, 0.2) is 60.8 Å². The molecule has 0 fully saturated rings. The fourth-order valence-electron chi connectivity index (χ4n) is 5.33. The summed E-state index contributed by atoms with van der Waals surface area (Å²) >= 11 is 0. The molecule has 196 valence electrons. The predicted molar refractivity (Wildman–Crippen MR) is 134 cm³/mol. The van der Waals surface area contributed by atoms with Crippen molar-refractivity contribution in [3.8, 4) is 0 Å². The standard InChI is InChI=1S/C29H27F2N3O4/c1-29(2,3)38-28(37)33-24-17(16-10-6-12-21(30)23(16)31)13-14-22(25-20(24)11-7-15-32-25)34-26(35)18-8-4-5-9-19(18)27(34)36/h4-12,15,17,22,24H,13-14H2,1-3H3,(H,33,37)/t17-,22+,24-/m0/s1. The Labute approximate surface area is 218 Å². The minimum absolute atomic E-state index is 0.0730. The second kappa shape index (κ2) is 9.63. The summed E-state index contributed by atoms with van der Waals surface area (Å²) in [7, 11) is 0. The van der Waals surface area contributed by atoms with Crippen LogP contribution in [0.3, 0.4) is 0 Å². The molecule has 0 saturated heterocycles. The fraction of sp³-hybridized carbons (Fsp3) is 0.310. The molecule has 1 N–H and O–H groups in total. The average molecular weight is 520 g/mol. The van der Waals surface area contributed by atoms with Crippen molar-refractivity contribution in [2.45, 2.75) is 57.2 Å². The van der Waals surface area contributed by atoms with Gasteiger partial charge in [0.15, 0.2) is 11.6 Å². The van der Waals surface area contributed by atoms with Gasteiger partial charge in [-0.25, -0.2) is 13.6 Å². The minimum atomic E-state index is -1.02. The molecule has 7 nitrogen and oxygen atoms in total. The third-order valence-corrected chi connectivity index (χ3v) is 6.87. The quantitative estimate of drug-likeness (QED) is 0.347. The van der Waals surface area contributed by atoms with E-state index in [-0.39, 0.29) is 18.4 Å². The number of nitrogens with zero attached hydrogens (tertiary/aromatic N) is 2. The largest absolute Gasteiger partial charge is 0.444 e. The smallest absolute Gasteiger partial charge is 0.408 e. The summed E-state index contributed by atoms with van der Waals surface area (Å²) < 4.78 is 34.9. The summed E-state index contributed by atoms with van der Waals surface area (Å²) in [5.74, 6) is -3.65. The van der Waals surface area contributed by atoms with E-state index in [0.29, 0.717) is 22.4 Å². The zero-order valence-electron chi connectivity index (χ0n) is 21.2. The number of rotatable bonds is 3. The predicted octanol–water partition coefficient (Wildman–Crippen LogP) is 5.84. The van der Waals surface area contributed by atoms with Gasteiger partial charge in [-0.1, -0.05) is 30.3 Å². The summed E-state index contributed by atoms with van der Waals surface area (Å²) in [4.78, 5) is 45.4. The van der Waals surface area contributed by atoms with Gasteiger partial charge < -0.3 is 10.1 Å². The van der Waals surface area contributed by atoms with E-state index in [9.17, 15) is 18.8 Å². The summed E-state index contributed by atoms with van der Waals surface area (Å²) in [6.45, 7) is 5.16. The number of ether oxygens (including phenoxy) is 1. The molecule has 0 spiro atoms. The molecule has 38 heavy (non-hydrogen) atoms. The SMILES string of the molecule is CC(C)(C)OC(=O)N[C@@H]1c2cccnc2[C@H](N2C(=O)c3ccccc3C2=O)CC[C@H]1c1cccc(F)c1F. The lowest BCUT2D eigenvalue weighted by Crippen LogP contribution is -2.38. The van der Waals surface area contributed by atoms with Crippen LogP contribution in [-0.2, 0) is 4.74 Å². The molecule has 3 amide bonds. The van der Waals surface area contributed by atoms with Gasteiger partial charge in [0.2, 0.25) is 0 Å². The van der Waals surface area contributed by atoms with Crippen molar-refractivity contribution in [1.29, 1.82) is 0 Å². The van der Waals surface area contributed by atoms with E-state index in [0.717, 1.165) is 6.07 Å². The van der Waals surface area contributed by atoms with Gasteiger partial charge in [-0.3, -0.25) is 19.5 Å². The Morgan fingerprint density at radius 2 is 1.61 bits per heavy atom. The van der Waals surface area contributed by atoms with Crippen LogP contribution >= 0.6 is 0 Å². The lowest BCUT2D eigenvalue weighted by molar-refractivity contribution is 0.0493.